The molecule has 3 rings (SSSR count). The molecule has 5 nitrogen and oxygen atoms in total. The number of hydrogen-bond acceptors (Lipinski definition) is 5. The highest BCUT2D eigenvalue weighted by molar-refractivity contribution is 5.57. The molecule has 1 aliphatic heterocycles. The first kappa shape index (κ1) is 12.4. The summed E-state index contributed by atoms with van der Waals surface area (Å²) in [5.41, 5.74) is 0.617. The Morgan fingerprint density at radius 3 is 3.10 bits per heavy atom. The van der Waals surface area contributed by atoms with Gasteiger partial charge in [-0.05, 0) is 18.9 Å². The van der Waals surface area contributed by atoms with Crippen molar-refractivity contribution < 1.29 is 13.9 Å². The lowest BCUT2D eigenvalue weighted by molar-refractivity contribution is 0.281. The maximum atomic E-state index is 13.9. The number of halogens is 1. The zero-order chi connectivity index (χ0) is 13.9. The van der Waals surface area contributed by atoms with Crippen LogP contribution >= 0.6 is 0 Å². The standard InChI is InChI=1S/C14H10FN3O2/c15-11-7-12(20-13-4-1-5-17-18-13)9-3-2-6-19-14(9)10(11)8-16/h1,4-5,7H,2-3,6H2. The fraction of sp³-hybridized carbons (Fsp3) is 0.214. The maximum Gasteiger partial charge on any atom is 0.238 e. The van der Waals surface area contributed by atoms with Gasteiger partial charge in [0.15, 0.2) is 0 Å². The van der Waals surface area contributed by atoms with Crippen LogP contribution in [0.4, 0.5) is 4.39 Å². The molecule has 20 heavy (non-hydrogen) atoms. The Balaban J connectivity index is 2.08. The molecule has 6 heteroatoms. The van der Waals surface area contributed by atoms with Gasteiger partial charge in [-0.1, -0.05) is 0 Å². The number of ether oxygens (including phenoxy) is 2. The van der Waals surface area contributed by atoms with E-state index in [-0.39, 0.29) is 17.2 Å². The van der Waals surface area contributed by atoms with Gasteiger partial charge in [0.25, 0.3) is 0 Å². The van der Waals surface area contributed by atoms with Crippen molar-refractivity contribution in [2.75, 3.05) is 6.61 Å². The number of hydrogen-bond donors (Lipinski definition) is 0. The molecular formula is C14H10FN3O2. The Hall–Kier alpha value is -2.68. The molecule has 1 aromatic carbocycles. The summed E-state index contributed by atoms with van der Waals surface area (Å²) in [7, 11) is 0. The minimum atomic E-state index is -0.660. The first-order chi connectivity index (χ1) is 9.79. The second kappa shape index (κ2) is 5.13. The second-order valence-corrected chi connectivity index (χ2v) is 4.27. The van der Waals surface area contributed by atoms with Crippen molar-refractivity contribution >= 4 is 0 Å². The fourth-order valence-electron chi connectivity index (χ4n) is 2.11. The molecule has 0 saturated heterocycles. The first-order valence-electron chi connectivity index (χ1n) is 6.13. The van der Waals surface area contributed by atoms with Crippen LogP contribution in [0.2, 0.25) is 0 Å². The van der Waals surface area contributed by atoms with E-state index in [1.165, 1.54) is 12.3 Å². The largest absolute Gasteiger partial charge is 0.492 e. The fourth-order valence-corrected chi connectivity index (χ4v) is 2.11. The van der Waals surface area contributed by atoms with Crippen molar-refractivity contribution in [1.82, 2.24) is 10.2 Å². The monoisotopic (exact) mass is 271 g/mol. The Bertz CT molecular complexity index is 683. The van der Waals surface area contributed by atoms with Gasteiger partial charge in [-0.15, -0.1) is 5.10 Å². The number of benzene rings is 1. The quantitative estimate of drug-likeness (QED) is 0.839. The molecule has 0 aliphatic carbocycles. The number of nitrogens with zero attached hydrogens (tertiary/aromatic N) is 3. The summed E-state index contributed by atoms with van der Waals surface area (Å²) in [6, 6.07) is 6.32. The van der Waals surface area contributed by atoms with Crippen LogP contribution in [0.3, 0.4) is 0 Å². The molecule has 0 fully saturated rings. The molecule has 0 N–H and O–H groups in total. The third-order valence-corrected chi connectivity index (χ3v) is 2.99. The lowest BCUT2D eigenvalue weighted by atomic mass is 10.0. The van der Waals surface area contributed by atoms with Crippen LogP contribution in [0.15, 0.2) is 24.4 Å². The molecule has 0 spiro atoms. The molecule has 0 bridgehead atoms. The van der Waals surface area contributed by atoms with Crippen molar-refractivity contribution in [3.63, 3.8) is 0 Å². The van der Waals surface area contributed by atoms with E-state index >= 15 is 0 Å². The lowest BCUT2D eigenvalue weighted by Gasteiger charge is -2.21. The van der Waals surface area contributed by atoms with Gasteiger partial charge in [-0.25, -0.2) is 4.39 Å². The van der Waals surface area contributed by atoms with Gasteiger partial charge in [0.1, 0.15) is 28.9 Å². The second-order valence-electron chi connectivity index (χ2n) is 4.27. The Kier molecular flexibility index (Phi) is 3.17. The van der Waals surface area contributed by atoms with Gasteiger partial charge in [0.05, 0.1) is 6.61 Å². The van der Waals surface area contributed by atoms with E-state index in [0.717, 1.165) is 6.42 Å². The van der Waals surface area contributed by atoms with Crippen LogP contribution in [0.5, 0.6) is 17.4 Å². The minimum Gasteiger partial charge on any atom is -0.492 e. The molecule has 2 aromatic rings. The van der Waals surface area contributed by atoms with E-state index in [4.69, 9.17) is 14.7 Å². The van der Waals surface area contributed by atoms with Crippen LogP contribution in [-0.4, -0.2) is 16.8 Å². The summed E-state index contributed by atoms with van der Waals surface area (Å²) in [5, 5.41) is 16.5. The number of fused-ring (bicyclic) bond motifs is 1. The molecule has 0 unspecified atom stereocenters. The minimum absolute atomic E-state index is 0.0776. The van der Waals surface area contributed by atoms with E-state index in [0.29, 0.717) is 24.3 Å². The van der Waals surface area contributed by atoms with Gasteiger partial charge in [-0.2, -0.15) is 10.4 Å². The highest BCUT2D eigenvalue weighted by atomic mass is 19.1. The van der Waals surface area contributed by atoms with Gasteiger partial charge >= 0.3 is 0 Å². The SMILES string of the molecule is N#Cc1c(F)cc(Oc2cccnn2)c2c1OCCC2. The summed E-state index contributed by atoms with van der Waals surface area (Å²) >= 11 is 0. The van der Waals surface area contributed by atoms with E-state index in [1.54, 1.807) is 12.1 Å². The zero-order valence-electron chi connectivity index (χ0n) is 10.5. The van der Waals surface area contributed by atoms with Crippen LogP contribution in [0, 0.1) is 17.1 Å². The number of aromatic nitrogens is 2. The third kappa shape index (κ3) is 2.14. The van der Waals surface area contributed by atoms with Crippen LogP contribution in [0.1, 0.15) is 17.5 Å². The average Bonchev–Trinajstić information content (AvgIpc) is 2.49. The van der Waals surface area contributed by atoms with Crippen LogP contribution in [0.25, 0.3) is 0 Å². The summed E-state index contributed by atoms with van der Waals surface area (Å²) < 4.78 is 24.9. The molecular weight excluding hydrogens is 261 g/mol. The predicted molar refractivity (Wildman–Crippen MR) is 67.0 cm³/mol. The molecule has 0 atom stereocenters. The molecule has 2 heterocycles. The lowest BCUT2D eigenvalue weighted by Crippen LogP contribution is -2.12. The van der Waals surface area contributed by atoms with E-state index in [1.807, 2.05) is 6.07 Å². The van der Waals surface area contributed by atoms with Crippen molar-refractivity contribution in [3.8, 4) is 23.4 Å². The van der Waals surface area contributed by atoms with Gasteiger partial charge in [0.2, 0.25) is 5.88 Å². The number of nitriles is 1. The summed E-state index contributed by atoms with van der Waals surface area (Å²) in [6.45, 7) is 0.468. The molecule has 1 aliphatic rings. The normalized spacial score (nSPS) is 13.0. The average molecular weight is 271 g/mol. The maximum absolute atomic E-state index is 13.9. The van der Waals surface area contributed by atoms with Gasteiger partial charge in [-0.3, -0.25) is 0 Å². The summed E-state index contributed by atoms with van der Waals surface area (Å²) in [4.78, 5) is 0. The summed E-state index contributed by atoms with van der Waals surface area (Å²) in [6.07, 6.45) is 2.98. The number of rotatable bonds is 2. The zero-order valence-corrected chi connectivity index (χ0v) is 10.5. The molecule has 0 saturated carbocycles. The molecule has 0 radical (unpaired) electrons. The topological polar surface area (TPSA) is 68.0 Å². The van der Waals surface area contributed by atoms with E-state index < -0.39 is 5.82 Å². The first-order valence-corrected chi connectivity index (χ1v) is 6.13. The van der Waals surface area contributed by atoms with Crippen LogP contribution in [-0.2, 0) is 6.42 Å². The molecule has 0 amide bonds. The van der Waals surface area contributed by atoms with Crippen molar-refractivity contribution in [2.45, 2.75) is 12.8 Å². The Morgan fingerprint density at radius 1 is 1.45 bits per heavy atom. The predicted octanol–water partition coefficient (Wildman–Crippen LogP) is 2.60. The van der Waals surface area contributed by atoms with Crippen molar-refractivity contribution in [2.24, 2.45) is 0 Å². The highest BCUT2D eigenvalue weighted by Crippen LogP contribution is 2.39. The van der Waals surface area contributed by atoms with Crippen molar-refractivity contribution in [3.05, 3.63) is 41.3 Å². The summed E-state index contributed by atoms with van der Waals surface area (Å²) in [5.74, 6) is 0.200. The third-order valence-electron chi connectivity index (χ3n) is 2.99. The molecule has 100 valence electrons. The smallest absolute Gasteiger partial charge is 0.238 e. The Morgan fingerprint density at radius 2 is 2.35 bits per heavy atom. The van der Waals surface area contributed by atoms with Gasteiger partial charge < -0.3 is 9.47 Å². The highest BCUT2D eigenvalue weighted by Gasteiger charge is 2.23. The Labute approximate surface area is 114 Å². The van der Waals surface area contributed by atoms with Crippen molar-refractivity contribution in [1.29, 1.82) is 5.26 Å². The van der Waals surface area contributed by atoms with Crippen LogP contribution < -0.4 is 9.47 Å². The van der Waals surface area contributed by atoms with E-state index in [9.17, 15) is 4.39 Å². The molecule has 1 aromatic heterocycles. The van der Waals surface area contributed by atoms with Gasteiger partial charge in [0, 0.05) is 23.9 Å². The van der Waals surface area contributed by atoms with E-state index in [2.05, 4.69) is 10.2 Å².